The molecule has 1 rings (SSSR count). The molecule has 0 spiro atoms. The van der Waals surface area contributed by atoms with Crippen molar-refractivity contribution in [3.05, 3.63) is 0 Å². The number of ether oxygens (including phenoxy) is 3. The van der Waals surface area contributed by atoms with E-state index in [0.717, 1.165) is 6.42 Å². The maximum absolute atomic E-state index is 12.1. The topological polar surface area (TPSA) is 61.8 Å². The standard InChI is InChI=1S/C15H26O5/c1-10(2)7-13(16)19-9-20-15(17)14(11(3)4)12-5-6-18-8-12/h10-12,14H,5-9H2,1-4H3. The van der Waals surface area contributed by atoms with Crippen molar-refractivity contribution in [2.45, 2.75) is 40.5 Å². The average Bonchev–Trinajstić information content (AvgIpc) is 2.81. The van der Waals surface area contributed by atoms with Crippen LogP contribution in [0.2, 0.25) is 0 Å². The van der Waals surface area contributed by atoms with Crippen molar-refractivity contribution in [3.63, 3.8) is 0 Å². The van der Waals surface area contributed by atoms with Crippen molar-refractivity contribution in [3.8, 4) is 0 Å². The summed E-state index contributed by atoms with van der Waals surface area (Å²) in [5.74, 6) is -0.209. The monoisotopic (exact) mass is 286 g/mol. The van der Waals surface area contributed by atoms with E-state index in [1.54, 1.807) is 0 Å². The molecule has 0 amide bonds. The summed E-state index contributed by atoms with van der Waals surface area (Å²) in [6.45, 7) is 8.87. The normalized spacial score (nSPS) is 20.2. The van der Waals surface area contributed by atoms with E-state index < -0.39 is 0 Å². The Kier molecular flexibility index (Phi) is 6.99. The summed E-state index contributed by atoms with van der Waals surface area (Å²) in [5.41, 5.74) is 0. The molecule has 0 aliphatic carbocycles. The van der Waals surface area contributed by atoms with Crippen LogP contribution in [0.4, 0.5) is 0 Å². The molecule has 0 saturated carbocycles. The van der Waals surface area contributed by atoms with E-state index in [4.69, 9.17) is 14.2 Å². The largest absolute Gasteiger partial charge is 0.428 e. The highest BCUT2D eigenvalue weighted by Gasteiger charge is 2.34. The molecule has 116 valence electrons. The van der Waals surface area contributed by atoms with E-state index >= 15 is 0 Å². The van der Waals surface area contributed by atoms with Gasteiger partial charge in [0.2, 0.25) is 6.79 Å². The zero-order valence-corrected chi connectivity index (χ0v) is 12.9. The predicted octanol–water partition coefficient (Wildman–Crippen LogP) is 2.39. The van der Waals surface area contributed by atoms with Crippen LogP contribution in [0, 0.1) is 23.7 Å². The summed E-state index contributed by atoms with van der Waals surface area (Å²) < 4.78 is 15.3. The molecule has 2 unspecified atom stereocenters. The highest BCUT2D eigenvalue weighted by molar-refractivity contribution is 5.73. The third kappa shape index (κ3) is 5.49. The lowest BCUT2D eigenvalue weighted by molar-refractivity contribution is -0.173. The Morgan fingerprint density at radius 1 is 1.20 bits per heavy atom. The second-order valence-electron chi connectivity index (χ2n) is 6.09. The van der Waals surface area contributed by atoms with Crippen molar-refractivity contribution in [1.82, 2.24) is 0 Å². The predicted molar refractivity (Wildman–Crippen MR) is 73.8 cm³/mol. The van der Waals surface area contributed by atoms with E-state index in [-0.39, 0.29) is 42.4 Å². The van der Waals surface area contributed by atoms with Gasteiger partial charge in [0.1, 0.15) is 0 Å². The van der Waals surface area contributed by atoms with E-state index in [0.29, 0.717) is 19.6 Å². The first-order valence-corrected chi connectivity index (χ1v) is 7.31. The molecule has 0 bridgehead atoms. The quantitative estimate of drug-likeness (QED) is 0.531. The van der Waals surface area contributed by atoms with Crippen LogP contribution in [-0.4, -0.2) is 31.9 Å². The number of hydrogen-bond acceptors (Lipinski definition) is 5. The fourth-order valence-electron chi connectivity index (χ4n) is 2.49. The molecule has 1 fully saturated rings. The SMILES string of the molecule is CC(C)CC(=O)OCOC(=O)C(C(C)C)C1CCOC1. The Morgan fingerprint density at radius 3 is 2.40 bits per heavy atom. The van der Waals surface area contributed by atoms with Crippen molar-refractivity contribution in [2.24, 2.45) is 23.7 Å². The van der Waals surface area contributed by atoms with Crippen LogP contribution >= 0.6 is 0 Å². The van der Waals surface area contributed by atoms with Crippen LogP contribution in [0.3, 0.4) is 0 Å². The van der Waals surface area contributed by atoms with Gasteiger partial charge in [-0.05, 0) is 24.2 Å². The minimum Gasteiger partial charge on any atom is -0.428 e. The van der Waals surface area contributed by atoms with Crippen molar-refractivity contribution in [2.75, 3.05) is 20.0 Å². The molecular weight excluding hydrogens is 260 g/mol. The molecular formula is C15H26O5. The third-order valence-electron chi connectivity index (χ3n) is 3.46. The number of carbonyl (C=O) groups is 2. The Hall–Kier alpha value is -1.10. The minimum absolute atomic E-state index is 0.181. The molecule has 0 aromatic rings. The molecule has 2 atom stereocenters. The first kappa shape index (κ1) is 17.0. The zero-order chi connectivity index (χ0) is 15.1. The van der Waals surface area contributed by atoms with Gasteiger partial charge in [0, 0.05) is 13.0 Å². The third-order valence-corrected chi connectivity index (χ3v) is 3.46. The molecule has 1 saturated heterocycles. The fraction of sp³-hybridized carbons (Fsp3) is 0.867. The van der Waals surface area contributed by atoms with Crippen LogP contribution in [0.1, 0.15) is 40.5 Å². The summed E-state index contributed by atoms with van der Waals surface area (Å²) in [4.78, 5) is 23.5. The average molecular weight is 286 g/mol. The smallest absolute Gasteiger partial charge is 0.312 e. The molecule has 0 N–H and O–H groups in total. The van der Waals surface area contributed by atoms with Gasteiger partial charge >= 0.3 is 11.9 Å². The maximum atomic E-state index is 12.1. The fourth-order valence-corrected chi connectivity index (χ4v) is 2.49. The Bertz CT molecular complexity index is 318. The highest BCUT2D eigenvalue weighted by atomic mass is 16.7. The molecule has 0 radical (unpaired) electrons. The van der Waals surface area contributed by atoms with Crippen LogP contribution in [0.5, 0.6) is 0 Å². The summed E-state index contributed by atoms with van der Waals surface area (Å²) in [5, 5.41) is 0. The summed E-state index contributed by atoms with van der Waals surface area (Å²) >= 11 is 0. The van der Waals surface area contributed by atoms with Gasteiger partial charge < -0.3 is 14.2 Å². The number of hydrogen-bond donors (Lipinski definition) is 0. The molecule has 5 heteroatoms. The van der Waals surface area contributed by atoms with E-state index in [1.165, 1.54) is 0 Å². The molecule has 1 aliphatic rings. The van der Waals surface area contributed by atoms with Gasteiger partial charge in [0.25, 0.3) is 0 Å². The summed E-state index contributed by atoms with van der Waals surface area (Å²) in [6, 6.07) is 0. The maximum Gasteiger partial charge on any atom is 0.312 e. The van der Waals surface area contributed by atoms with Crippen LogP contribution in [0.15, 0.2) is 0 Å². The lowest BCUT2D eigenvalue weighted by atomic mass is 9.83. The number of esters is 2. The van der Waals surface area contributed by atoms with Crippen LogP contribution in [-0.2, 0) is 23.8 Å². The van der Waals surface area contributed by atoms with E-state index in [9.17, 15) is 9.59 Å². The summed E-state index contributed by atoms with van der Waals surface area (Å²) in [7, 11) is 0. The van der Waals surface area contributed by atoms with Crippen LogP contribution < -0.4 is 0 Å². The lowest BCUT2D eigenvalue weighted by Gasteiger charge is -2.24. The second kappa shape index (κ2) is 8.25. The Labute approximate surface area is 121 Å². The highest BCUT2D eigenvalue weighted by Crippen LogP contribution is 2.29. The van der Waals surface area contributed by atoms with Crippen LogP contribution in [0.25, 0.3) is 0 Å². The second-order valence-corrected chi connectivity index (χ2v) is 6.09. The van der Waals surface area contributed by atoms with Crippen molar-refractivity contribution >= 4 is 11.9 Å². The molecule has 5 nitrogen and oxygen atoms in total. The van der Waals surface area contributed by atoms with E-state index in [1.807, 2.05) is 27.7 Å². The Balaban J connectivity index is 2.37. The summed E-state index contributed by atoms with van der Waals surface area (Å²) in [6.07, 6.45) is 1.21. The molecule has 1 aliphatic heterocycles. The molecule has 20 heavy (non-hydrogen) atoms. The number of carbonyl (C=O) groups excluding carboxylic acids is 2. The van der Waals surface area contributed by atoms with Gasteiger partial charge in [-0.2, -0.15) is 0 Å². The minimum atomic E-state index is -0.335. The van der Waals surface area contributed by atoms with Crippen molar-refractivity contribution < 1.29 is 23.8 Å². The van der Waals surface area contributed by atoms with Gasteiger partial charge in [-0.15, -0.1) is 0 Å². The Morgan fingerprint density at radius 2 is 1.90 bits per heavy atom. The number of rotatable bonds is 7. The molecule has 0 aromatic heterocycles. The van der Waals surface area contributed by atoms with Crippen molar-refractivity contribution in [1.29, 1.82) is 0 Å². The zero-order valence-electron chi connectivity index (χ0n) is 12.9. The first-order valence-electron chi connectivity index (χ1n) is 7.31. The van der Waals surface area contributed by atoms with E-state index in [2.05, 4.69) is 0 Å². The van der Waals surface area contributed by atoms with Gasteiger partial charge in [-0.25, -0.2) is 0 Å². The first-order chi connectivity index (χ1) is 9.41. The lowest BCUT2D eigenvalue weighted by Crippen LogP contribution is -2.31. The van der Waals surface area contributed by atoms with Gasteiger partial charge in [-0.3, -0.25) is 9.59 Å². The van der Waals surface area contributed by atoms with Gasteiger partial charge in [0.15, 0.2) is 0 Å². The molecule has 0 aromatic carbocycles. The van der Waals surface area contributed by atoms with Gasteiger partial charge in [-0.1, -0.05) is 27.7 Å². The molecule has 1 heterocycles. The van der Waals surface area contributed by atoms with Gasteiger partial charge in [0.05, 0.1) is 12.5 Å².